The second kappa shape index (κ2) is 4.24. The number of hydrogen-bond acceptors (Lipinski definition) is 2. The summed E-state index contributed by atoms with van der Waals surface area (Å²) < 4.78 is 5.18. The first-order chi connectivity index (χ1) is 5.65. The number of rotatable bonds is 3. The van der Waals surface area contributed by atoms with E-state index in [1.165, 1.54) is 13.0 Å². The maximum absolute atomic E-state index is 5.18. The Kier molecular flexibility index (Phi) is 3.53. The van der Waals surface area contributed by atoms with E-state index in [0.29, 0.717) is 0 Å². The number of hydrogen-bond donors (Lipinski definition) is 0. The van der Waals surface area contributed by atoms with E-state index in [0.717, 1.165) is 24.5 Å². The van der Waals surface area contributed by atoms with Gasteiger partial charge in [-0.2, -0.15) is 0 Å². The highest BCUT2D eigenvalue weighted by Crippen LogP contribution is 2.26. The van der Waals surface area contributed by atoms with Crippen molar-refractivity contribution in [3.63, 3.8) is 0 Å². The fourth-order valence-electron chi connectivity index (χ4n) is 2.28. The van der Waals surface area contributed by atoms with Gasteiger partial charge >= 0.3 is 0 Å². The van der Waals surface area contributed by atoms with Crippen molar-refractivity contribution in [1.29, 1.82) is 0 Å². The molecule has 1 rings (SSSR count). The first kappa shape index (κ1) is 10.0. The number of ether oxygens (including phenoxy) is 1. The minimum atomic E-state index is 0.757. The molecule has 0 aromatic carbocycles. The van der Waals surface area contributed by atoms with E-state index in [1.54, 1.807) is 7.11 Å². The summed E-state index contributed by atoms with van der Waals surface area (Å²) in [5.74, 6) is 1.53. The molecule has 1 aliphatic rings. The molecule has 72 valence electrons. The topological polar surface area (TPSA) is 12.5 Å². The summed E-state index contributed by atoms with van der Waals surface area (Å²) in [5.41, 5.74) is 0. The van der Waals surface area contributed by atoms with Gasteiger partial charge in [0.25, 0.3) is 0 Å². The minimum absolute atomic E-state index is 0.757. The third-order valence-corrected chi connectivity index (χ3v) is 2.86. The normalized spacial score (nSPS) is 31.8. The van der Waals surface area contributed by atoms with Gasteiger partial charge < -0.3 is 9.64 Å². The second-order valence-corrected chi connectivity index (χ2v) is 4.31. The lowest BCUT2D eigenvalue weighted by atomic mass is 9.98. The van der Waals surface area contributed by atoms with Gasteiger partial charge in [0, 0.05) is 19.7 Å². The predicted octanol–water partition coefficient (Wildman–Crippen LogP) is 1.61. The van der Waals surface area contributed by atoms with E-state index in [1.807, 2.05) is 0 Å². The molecule has 1 saturated heterocycles. The van der Waals surface area contributed by atoms with Gasteiger partial charge in [0.05, 0.1) is 6.61 Å². The van der Waals surface area contributed by atoms with Crippen molar-refractivity contribution in [2.45, 2.75) is 26.3 Å². The molecule has 2 heteroatoms. The fraction of sp³-hybridized carbons (Fsp3) is 1.00. The van der Waals surface area contributed by atoms with Crippen LogP contribution in [0, 0.1) is 11.8 Å². The fourth-order valence-corrected chi connectivity index (χ4v) is 2.28. The zero-order valence-electron chi connectivity index (χ0n) is 8.71. The zero-order valence-corrected chi connectivity index (χ0v) is 8.71. The number of methoxy groups -OCH3 is 1. The van der Waals surface area contributed by atoms with E-state index in [9.17, 15) is 0 Å². The quantitative estimate of drug-likeness (QED) is 0.639. The molecule has 1 heterocycles. The molecule has 0 spiro atoms. The minimum Gasteiger partial charge on any atom is -0.384 e. The third-order valence-electron chi connectivity index (χ3n) is 2.86. The predicted molar refractivity (Wildman–Crippen MR) is 51.2 cm³/mol. The lowest BCUT2D eigenvalue weighted by Crippen LogP contribution is -2.29. The molecule has 0 N–H and O–H groups in total. The molecule has 0 aliphatic carbocycles. The van der Waals surface area contributed by atoms with Crippen molar-refractivity contribution in [3.8, 4) is 0 Å². The molecule has 0 amide bonds. The largest absolute Gasteiger partial charge is 0.384 e. The Balaban J connectivity index is 2.39. The zero-order chi connectivity index (χ0) is 9.14. The van der Waals surface area contributed by atoms with Gasteiger partial charge in [0.1, 0.15) is 0 Å². The lowest BCUT2D eigenvalue weighted by Gasteiger charge is -2.22. The van der Waals surface area contributed by atoms with Crippen LogP contribution in [0.3, 0.4) is 0 Å². The van der Waals surface area contributed by atoms with E-state index in [4.69, 9.17) is 4.74 Å². The lowest BCUT2D eigenvalue weighted by molar-refractivity contribution is 0.155. The van der Waals surface area contributed by atoms with Crippen LogP contribution in [0.1, 0.15) is 20.3 Å². The summed E-state index contributed by atoms with van der Waals surface area (Å²) >= 11 is 0. The van der Waals surface area contributed by atoms with E-state index >= 15 is 0 Å². The van der Waals surface area contributed by atoms with Crippen LogP contribution < -0.4 is 0 Å². The van der Waals surface area contributed by atoms with Gasteiger partial charge in [-0.25, -0.2) is 0 Å². The average Bonchev–Trinajstić information content (AvgIpc) is 2.32. The smallest absolute Gasteiger partial charge is 0.0503 e. The second-order valence-electron chi connectivity index (χ2n) is 4.31. The standard InChI is InChI=1S/C10H21NO/c1-8(2)10-5-9(7-12-4)6-11(10)3/h8-10H,5-7H2,1-4H3. The summed E-state index contributed by atoms with van der Waals surface area (Å²) in [6.45, 7) is 6.73. The number of nitrogens with zero attached hydrogens (tertiary/aromatic N) is 1. The van der Waals surface area contributed by atoms with Gasteiger partial charge in [-0.15, -0.1) is 0 Å². The molecular formula is C10H21NO. The molecule has 0 saturated carbocycles. The van der Waals surface area contributed by atoms with Crippen molar-refractivity contribution in [2.24, 2.45) is 11.8 Å². The molecule has 2 nitrogen and oxygen atoms in total. The average molecular weight is 171 g/mol. The maximum Gasteiger partial charge on any atom is 0.0503 e. The van der Waals surface area contributed by atoms with Crippen LogP contribution in [-0.4, -0.2) is 38.3 Å². The van der Waals surface area contributed by atoms with Crippen molar-refractivity contribution in [2.75, 3.05) is 27.3 Å². The SMILES string of the molecule is COCC1CC(C(C)C)N(C)C1. The monoisotopic (exact) mass is 171 g/mol. The molecule has 0 aromatic rings. The van der Waals surface area contributed by atoms with Crippen LogP contribution in [0.25, 0.3) is 0 Å². The summed E-state index contributed by atoms with van der Waals surface area (Å²) in [6, 6.07) is 0.769. The first-order valence-electron chi connectivity index (χ1n) is 4.84. The van der Waals surface area contributed by atoms with Crippen LogP contribution in [0.15, 0.2) is 0 Å². The Morgan fingerprint density at radius 1 is 1.50 bits per heavy atom. The molecule has 12 heavy (non-hydrogen) atoms. The molecule has 0 bridgehead atoms. The molecule has 0 aromatic heterocycles. The van der Waals surface area contributed by atoms with E-state index < -0.39 is 0 Å². The Labute approximate surface area is 75.9 Å². The highest BCUT2D eigenvalue weighted by atomic mass is 16.5. The van der Waals surface area contributed by atoms with Crippen molar-refractivity contribution >= 4 is 0 Å². The first-order valence-corrected chi connectivity index (χ1v) is 4.84. The van der Waals surface area contributed by atoms with Crippen molar-refractivity contribution in [1.82, 2.24) is 4.90 Å². The van der Waals surface area contributed by atoms with E-state index in [-0.39, 0.29) is 0 Å². The van der Waals surface area contributed by atoms with Gasteiger partial charge in [0.15, 0.2) is 0 Å². The Morgan fingerprint density at radius 2 is 2.17 bits per heavy atom. The summed E-state index contributed by atoms with van der Waals surface area (Å²) in [4.78, 5) is 2.47. The van der Waals surface area contributed by atoms with Crippen LogP contribution in [0.4, 0.5) is 0 Å². The Bertz CT molecular complexity index is 136. The van der Waals surface area contributed by atoms with Gasteiger partial charge in [-0.3, -0.25) is 0 Å². The molecular weight excluding hydrogens is 150 g/mol. The summed E-state index contributed by atoms with van der Waals surface area (Å²) in [7, 11) is 4.02. The molecule has 1 aliphatic heterocycles. The highest BCUT2D eigenvalue weighted by molar-refractivity contribution is 4.84. The highest BCUT2D eigenvalue weighted by Gasteiger charge is 2.30. The number of likely N-dealkylation sites (tertiary alicyclic amines) is 1. The van der Waals surface area contributed by atoms with Crippen LogP contribution >= 0.6 is 0 Å². The van der Waals surface area contributed by atoms with E-state index in [2.05, 4.69) is 25.8 Å². The van der Waals surface area contributed by atoms with Crippen molar-refractivity contribution < 1.29 is 4.74 Å². The maximum atomic E-state index is 5.18. The van der Waals surface area contributed by atoms with Crippen LogP contribution in [-0.2, 0) is 4.74 Å². The Morgan fingerprint density at radius 3 is 2.58 bits per heavy atom. The molecule has 2 atom stereocenters. The van der Waals surface area contributed by atoms with Crippen LogP contribution in [0.2, 0.25) is 0 Å². The summed E-state index contributed by atoms with van der Waals surface area (Å²) in [6.07, 6.45) is 1.31. The van der Waals surface area contributed by atoms with Gasteiger partial charge in [-0.1, -0.05) is 13.8 Å². The Hall–Kier alpha value is -0.0800. The van der Waals surface area contributed by atoms with Gasteiger partial charge in [-0.05, 0) is 25.3 Å². The molecule has 2 unspecified atom stereocenters. The molecule has 0 radical (unpaired) electrons. The molecule has 1 fully saturated rings. The van der Waals surface area contributed by atoms with Gasteiger partial charge in [0.2, 0.25) is 0 Å². The van der Waals surface area contributed by atoms with Crippen molar-refractivity contribution in [3.05, 3.63) is 0 Å². The van der Waals surface area contributed by atoms with Crippen LogP contribution in [0.5, 0.6) is 0 Å². The summed E-state index contributed by atoms with van der Waals surface area (Å²) in [5, 5.41) is 0. The third kappa shape index (κ3) is 2.20.